The number of fused-ring (bicyclic) bond motifs is 1. The molecule has 3 aromatic heterocycles. The van der Waals surface area contributed by atoms with Crippen molar-refractivity contribution in [2.24, 2.45) is 5.73 Å². The van der Waals surface area contributed by atoms with E-state index >= 15 is 0 Å². The number of H-pyrrole nitrogens is 1. The fourth-order valence-electron chi connectivity index (χ4n) is 2.84. The third-order valence-electron chi connectivity index (χ3n) is 4.56. The second-order valence-corrected chi connectivity index (χ2v) is 7.11. The van der Waals surface area contributed by atoms with Gasteiger partial charge in [-0.1, -0.05) is 23.4 Å². The van der Waals surface area contributed by atoms with Crippen LogP contribution in [0.25, 0.3) is 22.2 Å². The lowest BCUT2D eigenvalue weighted by molar-refractivity contribution is -0.137. The van der Waals surface area contributed by atoms with E-state index < -0.39 is 5.97 Å². The number of rotatable bonds is 8. The zero-order chi connectivity index (χ0) is 23.6. The standard InChI is InChI=1S/C11H14N4O.C11H11N3O3/c12-6-3-7-13-10-8-4-1-2-5-9(8)11(16)15-14-10;1-7-2-3-8(6-12-7)11-13-9(14-17-11)4-5-10(15)16/h1-2,4-5H,3,6-7,12H2,(H,13,14)(H,15,16);2-3,6H,4-5H2,1H3,(H,15,16). The Balaban J connectivity index is 0.000000186. The number of hydrogen-bond donors (Lipinski definition) is 4. The fourth-order valence-corrected chi connectivity index (χ4v) is 2.84. The van der Waals surface area contributed by atoms with Crippen molar-refractivity contribution in [3.8, 4) is 11.5 Å². The van der Waals surface area contributed by atoms with E-state index in [4.69, 9.17) is 15.4 Å². The molecule has 11 nitrogen and oxygen atoms in total. The van der Waals surface area contributed by atoms with Gasteiger partial charge in [-0.3, -0.25) is 14.6 Å². The van der Waals surface area contributed by atoms with Crippen molar-refractivity contribution >= 4 is 22.6 Å². The van der Waals surface area contributed by atoms with Crippen LogP contribution in [0, 0.1) is 6.92 Å². The molecule has 11 heteroatoms. The van der Waals surface area contributed by atoms with Crippen LogP contribution >= 0.6 is 0 Å². The summed E-state index contributed by atoms with van der Waals surface area (Å²) in [5.41, 5.74) is 6.87. The van der Waals surface area contributed by atoms with Gasteiger partial charge in [0.2, 0.25) is 0 Å². The summed E-state index contributed by atoms with van der Waals surface area (Å²) in [6, 6.07) is 11.1. The van der Waals surface area contributed by atoms with Crippen molar-refractivity contribution in [2.45, 2.75) is 26.2 Å². The second-order valence-electron chi connectivity index (χ2n) is 7.11. The normalized spacial score (nSPS) is 10.5. The molecule has 33 heavy (non-hydrogen) atoms. The largest absolute Gasteiger partial charge is 0.481 e. The molecule has 4 rings (SSSR count). The van der Waals surface area contributed by atoms with E-state index in [1.165, 1.54) is 0 Å². The molecular formula is C22H25N7O4. The summed E-state index contributed by atoms with van der Waals surface area (Å²) in [5, 5.41) is 23.3. The summed E-state index contributed by atoms with van der Waals surface area (Å²) in [5.74, 6) is 0.567. The predicted octanol–water partition coefficient (Wildman–Crippen LogP) is 2.14. The van der Waals surface area contributed by atoms with Gasteiger partial charge in [-0.15, -0.1) is 0 Å². The first-order valence-electron chi connectivity index (χ1n) is 10.4. The number of anilines is 1. The predicted molar refractivity (Wildman–Crippen MR) is 123 cm³/mol. The first-order chi connectivity index (χ1) is 16.0. The Morgan fingerprint density at radius 1 is 1.21 bits per heavy atom. The van der Waals surface area contributed by atoms with Crippen LogP contribution in [0.5, 0.6) is 0 Å². The van der Waals surface area contributed by atoms with Gasteiger partial charge in [0.25, 0.3) is 11.4 Å². The molecule has 0 saturated carbocycles. The molecule has 0 amide bonds. The first kappa shape index (κ1) is 23.5. The quantitative estimate of drug-likeness (QED) is 0.291. The Bertz CT molecular complexity index is 1250. The molecule has 0 aliphatic heterocycles. The Hall–Kier alpha value is -4.12. The van der Waals surface area contributed by atoms with Crippen molar-refractivity contribution in [2.75, 3.05) is 18.4 Å². The van der Waals surface area contributed by atoms with Gasteiger partial charge in [0, 0.05) is 30.2 Å². The van der Waals surface area contributed by atoms with E-state index in [0.29, 0.717) is 29.5 Å². The van der Waals surface area contributed by atoms with Crippen LogP contribution in [0.3, 0.4) is 0 Å². The average molecular weight is 451 g/mol. The van der Waals surface area contributed by atoms with Crippen LogP contribution < -0.4 is 16.6 Å². The third-order valence-corrected chi connectivity index (χ3v) is 4.56. The number of carboxylic acid groups (broad SMARTS) is 1. The zero-order valence-corrected chi connectivity index (χ0v) is 18.1. The minimum Gasteiger partial charge on any atom is -0.481 e. The van der Waals surface area contributed by atoms with Gasteiger partial charge in [-0.2, -0.15) is 10.1 Å². The van der Waals surface area contributed by atoms with E-state index in [2.05, 4.69) is 30.6 Å². The minimum absolute atomic E-state index is 0.00881. The van der Waals surface area contributed by atoms with E-state index in [0.717, 1.165) is 29.6 Å². The zero-order valence-electron chi connectivity index (χ0n) is 18.1. The van der Waals surface area contributed by atoms with Gasteiger partial charge in [0.05, 0.1) is 17.4 Å². The number of carboxylic acids is 1. The van der Waals surface area contributed by atoms with E-state index in [9.17, 15) is 9.59 Å². The van der Waals surface area contributed by atoms with E-state index in [1.54, 1.807) is 12.3 Å². The number of nitrogens with zero attached hydrogens (tertiary/aromatic N) is 4. The monoisotopic (exact) mass is 451 g/mol. The summed E-state index contributed by atoms with van der Waals surface area (Å²) in [6.45, 7) is 3.27. The summed E-state index contributed by atoms with van der Waals surface area (Å²) in [7, 11) is 0. The topological polar surface area (TPSA) is 173 Å². The summed E-state index contributed by atoms with van der Waals surface area (Å²) in [4.78, 5) is 30.1. The lowest BCUT2D eigenvalue weighted by atomic mass is 10.2. The molecule has 0 aliphatic rings. The highest BCUT2D eigenvalue weighted by molar-refractivity contribution is 5.90. The third kappa shape index (κ3) is 6.68. The van der Waals surface area contributed by atoms with Crippen molar-refractivity contribution in [1.29, 1.82) is 0 Å². The number of aliphatic carboxylic acids is 1. The number of carbonyl (C=O) groups is 1. The second kappa shape index (κ2) is 11.5. The molecular weight excluding hydrogens is 426 g/mol. The molecule has 0 spiro atoms. The molecule has 0 atom stereocenters. The molecule has 0 unspecified atom stereocenters. The number of nitrogens with two attached hydrogens (primary N) is 1. The molecule has 0 saturated heterocycles. The Labute approximate surface area is 189 Å². The molecule has 4 aromatic rings. The van der Waals surface area contributed by atoms with E-state index in [1.807, 2.05) is 37.3 Å². The van der Waals surface area contributed by atoms with Gasteiger partial charge < -0.3 is 20.7 Å². The van der Waals surface area contributed by atoms with Crippen molar-refractivity contribution < 1.29 is 14.4 Å². The molecule has 0 bridgehead atoms. The number of aryl methyl sites for hydroxylation is 2. The maximum atomic E-state index is 11.5. The van der Waals surface area contributed by atoms with Crippen LogP contribution in [-0.2, 0) is 11.2 Å². The fraction of sp³-hybridized carbons (Fsp3) is 0.273. The van der Waals surface area contributed by atoms with Crippen molar-refractivity contribution in [1.82, 2.24) is 25.3 Å². The highest BCUT2D eigenvalue weighted by Crippen LogP contribution is 2.17. The Kier molecular flexibility index (Phi) is 8.19. The SMILES string of the molecule is Cc1ccc(-c2nc(CCC(=O)O)no2)cn1.NCCCNc1n[nH]c(=O)c2ccccc12. The van der Waals surface area contributed by atoms with Gasteiger partial charge in [-0.05, 0) is 38.1 Å². The molecule has 172 valence electrons. The maximum Gasteiger partial charge on any atom is 0.303 e. The lowest BCUT2D eigenvalue weighted by Crippen LogP contribution is -2.14. The van der Waals surface area contributed by atoms with Crippen LogP contribution in [0.15, 0.2) is 51.9 Å². The number of benzene rings is 1. The number of nitrogens with one attached hydrogen (secondary N) is 2. The molecule has 3 heterocycles. The average Bonchev–Trinajstić information content (AvgIpc) is 3.30. The minimum atomic E-state index is -0.881. The summed E-state index contributed by atoms with van der Waals surface area (Å²) in [6.07, 6.45) is 2.77. The molecule has 0 aliphatic carbocycles. The number of pyridine rings is 1. The smallest absolute Gasteiger partial charge is 0.303 e. The van der Waals surface area contributed by atoms with Gasteiger partial charge >= 0.3 is 5.97 Å². The van der Waals surface area contributed by atoms with Crippen molar-refractivity contribution in [3.05, 3.63) is 64.5 Å². The molecule has 0 radical (unpaired) electrons. The highest BCUT2D eigenvalue weighted by Gasteiger charge is 2.10. The summed E-state index contributed by atoms with van der Waals surface area (Å²) >= 11 is 0. The highest BCUT2D eigenvalue weighted by atomic mass is 16.5. The molecule has 0 fully saturated rings. The first-order valence-corrected chi connectivity index (χ1v) is 10.4. The van der Waals surface area contributed by atoms with Crippen LogP contribution in [0.2, 0.25) is 0 Å². The van der Waals surface area contributed by atoms with Gasteiger partial charge in [0.15, 0.2) is 11.6 Å². The van der Waals surface area contributed by atoms with Gasteiger partial charge in [-0.25, -0.2) is 5.10 Å². The maximum absolute atomic E-state index is 11.5. The van der Waals surface area contributed by atoms with Gasteiger partial charge in [0.1, 0.15) is 0 Å². The van der Waals surface area contributed by atoms with Crippen LogP contribution in [0.4, 0.5) is 5.82 Å². The Morgan fingerprint density at radius 3 is 2.70 bits per heavy atom. The summed E-state index contributed by atoms with van der Waals surface area (Å²) < 4.78 is 5.03. The van der Waals surface area contributed by atoms with Crippen molar-refractivity contribution in [3.63, 3.8) is 0 Å². The number of aromatic amines is 1. The number of aromatic nitrogens is 5. The lowest BCUT2D eigenvalue weighted by Gasteiger charge is -2.06. The van der Waals surface area contributed by atoms with Crippen LogP contribution in [0.1, 0.15) is 24.4 Å². The van der Waals surface area contributed by atoms with E-state index in [-0.39, 0.29) is 18.4 Å². The molecule has 1 aromatic carbocycles. The number of hydrogen-bond acceptors (Lipinski definition) is 9. The molecule has 5 N–H and O–H groups in total. The Morgan fingerprint density at radius 2 is 2.00 bits per heavy atom. The van der Waals surface area contributed by atoms with Crippen LogP contribution in [-0.4, -0.2) is 49.5 Å².